The highest BCUT2D eigenvalue weighted by Gasteiger charge is 2.22. The first-order valence-corrected chi connectivity index (χ1v) is 20.0. The summed E-state index contributed by atoms with van der Waals surface area (Å²) in [6, 6.07) is 80.2. The van der Waals surface area contributed by atoms with Crippen LogP contribution in [0.15, 0.2) is 218 Å². The number of hydrogen-bond acceptors (Lipinski definition) is 1. The number of para-hydroxylation sites is 2. The molecule has 0 aliphatic carbocycles. The molecule has 0 unspecified atom stereocenters. The van der Waals surface area contributed by atoms with Crippen molar-refractivity contribution in [3.05, 3.63) is 218 Å². The molecular formula is C56H36N2. The molecule has 0 saturated carbocycles. The molecule has 0 amide bonds. The lowest BCUT2D eigenvalue weighted by atomic mass is 9.92. The summed E-state index contributed by atoms with van der Waals surface area (Å²) < 4.78 is 2.43. The lowest BCUT2D eigenvalue weighted by Gasteiger charge is -2.28. The number of benzene rings is 11. The second-order valence-electron chi connectivity index (χ2n) is 15.3. The van der Waals surface area contributed by atoms with Crippen LogP contribution in [-0.2, 0) is 0 Å². The van der Waals surface area contributed by atoms with Gasteiger partial charge in [0.2, 0.25) is 0 Å². The van der Waals surface area contributed by atoms with Crippen LogP contribution >= 0.6 is 0 Å². The van der Waals surface area contributed by atoms with Crippen LogP contribution in [0.1, 0.15) is 0 Å². The molecular weight excluding hydrogens is 701 g/mol. The third kappa shape index (κ3) is 4.99. The Hall–Kier alpha value is -7.68. The van der Waals surface area contributed by atoms with E-state index in [1.54, 1.807) is 0 Å². The first-order valence-electron chi connectivity index (χ1n) is 20.0. The predicted molar refractivity (Wildman–Crippen MR) is 248 cm³/mol. The molecule has 58 heavy (non-hydrogen) atoms. The summed E-state index contributed by atoms with van der Waals surface area (Å²) in [5.41, 5.74) is 9.34. The standard InChI is InChI=1S/C56H36N2/c1-2-19-42(20-3-1)58-52-28-13-12-27-51(52)56-54(58)36-39-17-6-9-24-48(39)55(56)41-18-14-21-43(34-41)57(44-31-32-47-40(33-44)30-29-37-15-4-7-22-45(37)47)53-35-38-16-5-8-23-46(38)49-25-10-11-26-50(49)53/h1-36H. The van der Waals surface area contributed by atoms with Crippen molar-refractivity contribution in [2.75, 3.05) is 4.90 Å². The molecule has 0 radical (unpaired) electrons. The summed E-state index contributed by atoms with van der Waals surface area (Å²) in [5.74, 6) is 0. The Balaban J connectivity index is 1.16. The van der Waals surface area contributed by atoms with Crippen molar-refractivity contribution < 1.29 is 0 Å². The molecule has 12 rings (SSSR count). The van der Waals surface area contributed by atoms with E-state index >= 15 is 0 Å². The van der Waals surface area contributed by atoms with Crippen molar-refractivity contribution in [3.8, 4) is 16.8 Å². The van der Waals surface area contributed by atoms with E-state index in [9.17, 15) is 0 Å². The van der Waals surface area contributed by atoms with E-state index in [4.69, 9.17) is 0 Å². The highest BCUT2D eigenvalue weighted by Crippen LogP contribution is 2.47. The van der Waals surface area contributed by atoms with E-state index in [2.05, 4.69) is 228 Å². The van der Waals surface area contributed by atoms with Crippen LogP contribution in [0.25, 0.3) is 92.5 Å². The SMILES string of the molecule is c1ccc(-n2c3ccccc3c3c(-c4cccc(N(c5ccc6c(ccc7ccccc76)c5)c5cc6ccccc6c6ccccc56)c4)c4ccccc4cc32)cc1. The zero-order valence-electron chi connectivity index (χ0n) is 31.7. The lowest BCUT2D eigenvalue weighted by molar-refractivity contribution is 1.18. The van der Waals surface area contributed by atoms with Crippen LogP contribution in [0.2, 0.25) is 0 Å². The second-order valence-corrected chi connectivity index (χ2v) is 15.3. The van der Waals surface area contributed by atoms with Crippen LogP contribution < -0.4 is 4.90 Å². The van der Waals surface area contributed by atoms with Gasteiger partial charge in [-0.3, -0.25) is 0 Å². The first kappa shape index (κ1) is 32.6. The Morgan fingerprint density at radius 3 is 1.69 bits per heavy atom. The largest absolute Gasteiger partial charge is 0.310 e. The van der Waals surface area contributed by atoms with E-state index in [1.807, 2.05) is 0 Å². The minimum atomic E-state index is 1.10. The van der Waals surface area contributed by atoms with Crippen LogP contribution in [0.4, 0.5) is 17.1 Å². The van der Waals surface area contributed by atoms with Crippen molar-refractivity contribution in [2.24, 2.45) is 0 Å². The minimum absolute atomic E-state index is 1.10. The molecule has 0 atom stereocenters. The monoisotopic (exact) mass is 736 g/mol. The maximum Gasteiger partial charge on any atom is 0.0553 e. The Bertz CT molecular complexity index is 3580. The Morgan fingerprint density at radius 1 is 0.310 bits per heavy atom. The molecule has 11 aromatic carbocycles. The van der Waals surface area contributed by atoms with E-state index in [0.29, 0.717) is 0 Å². The summed E-state index contributed by atoms with van der Waals surface area (Å²) in [6.45, 7) is 0. The van der Waals surface area contributed by atoms with Crippen molar-refractivity contribution >= 4 is 92.7 Å². The zero-order valence-corrected chi connectivity index (χ0v) is 31.7. The topological polar surface area (TPSA) is 8.17 Å². The molecule has 0 bridgehead atoms. The van der Waals surface area contributed by atoms with Gasteiger partial charge in [0.05, 0.1) is 16.7 Å². The smallest absolute Gasteiger partial charge is 0.0553 e. The highest BCUT2D eigenvalue weighted by molar-refractivity contribution is 6.23. The van der Waals surface area contributed by atoms with Gasteiger partial charge in [-0.15, -0.1) is 0 Å². The number of fused-ring (bicyclic) bond motifs is 10. The number of rotatable bonds is 5. The highest BCUT2D eigenvalue weighted by atomic mass is 15.1. The fourth-order valence-corrected chi connectivity index (χ4v) is 9.53. The normalized spacial score (nSPS) is 11.8. The van der Waals surface area contributed by atoms with Crippen LogP contribution in [-0.4, -0.2) is 4.57 Å². The van der Waals surface area contributed by atoms with Gasteiger partial charge in [-0.05, 0) is 114 Å². The van der Waals surface area contributed by atoms with Crippen LogP contribution in [0.3, 0.4) is 0 Å². The van der Waals surface area contributed by atoms with Gasteiger partial charge in [-0.2, -0.15) is 0 Å². The molecule has 0 aliphatic rings. The average molecular weight is 737 g/mol. The van der Waals surface area contributed by atoms with Gasteiger partial charge in [0.1, 0.15) is 0 Å². The van der Waals surface area contributed by atoms with E-state index in [0.717, 1.165) is 22.7 Å². The molecule has 12 aromatic rings. The maximum absolute atomic E-state index is 2.47. The van der Waals surface area contributed by atoms with E-state index < -0.39 is 0 Å². The van der Waals surface area contributed by atoms with Gasteiger partial charge in [0.25, 0.3) is 0 Å². The molecule has 270 valence electrons. The maximum atomic E-state index is 2.47. The molecule has 0 saturated heterocycles. The fraction of sp³-hybridized carbons (Fsp3) is 0. The zero-order chi connectivity index (χ0) is 38.2. The number of nitrogens with zero attached hydrogens (tertiary/aromatic N) is 2. The lowest BCUT2D eigenvalue weighted by Crippen LogP contribution is -2.11. The van der Waals surface area contributed by atoms with Gasteiger partial charge in [0.15, 0.2) is 0 Å². The van der Waals surface area contributed by atoms with Crippen LogP contribution in [0.5, 0.6) is 0 Å². The number of aromatic nitrogens is 1. The molecule has 0 aliphatic heterocycles. The Kier molecular flexibility index (Phi) is 7.26. The molecule has 0 N–H and O–H groups in total. The summed E-state index contributed by atoms with van der Waals surface area (Å²) in [7, 11) is 0. The molecule has 1 heterocycles. The molecule has 2 heteroatoms. The number of anilines is 3. The Labute approximate surface area is 336 Å². The average Bonchev–Trinajstić information content (AvgIpc) is 3.62. The van der Waals surface area contributed by atoms with Crippen LogP contribution in [0, 0.1) is 0 Å². The second kappa shape index (κ2) is 12.9. The first-order chi connectivity index (χ1) is 28.8. The van der Waals surface area contributed by atoms with Crippen molar-refractivity contribution in [1.29, 1.82) is 0 Å². The Morgan fingerprint density at radius 2 is 0.879 bits per heavy atom. The third-order valence-electron chi connectivity index (χ3n) is 12.1. The summed E-state index contributed by atoms with van der Waals surface area (Å²) in [5, 5.41) is 14.9. The van der Waals surface area contributed by atoms with Gasteiger partial charge in [0, 0.05) is 33.2 Å². The van der Waals surface area contributed by atoms with Gasteiger partial charge < -0.3 is 9.47 Å². The minimum Gasteiger partial charge on any atom is -0.310 e. The van der Waals surface area contributed by atoms with Crippen molar-refractivity contribution in [2.45, 2.75) is 0 Å². The summed E-state index contributed by atoms with van der Waals surface area (Å²) in [4.78, 5) is 2.47. The molecule has 2 nitrogen and oxygen atoms in total. The van der Waals surface area contributed by atoms with E-state index in [-0.39, 0.29) is 0 Å². The summed E-state index contributed by atoms with van der Waals surface area (Å²) >= 11 is 0. The fourth-order valence-electron chi connectivity index (χ4n) is 9.53. The van der Waals surface area contributed by atoms with Gasteiger partial charge >= 0.3 is 0 Å². The summed E-state index contributed by atoms with van der Waals surface area (Å²) in [6.07, 6.45) is 0. The predicted octanol–water partition coefficient (Wildman–Crippen LogP) is 15.7. The molecule has 1 aromatic heterocycles. The van der Waals surface area contributed by atoms with Gasteiger partial charge in [-0.1, -0.05) is 164 Å². The quantitative estimate of drug-likeness (QED) is 0.160. The molecule has 0 fully saturated rings. The number of hydrogen-bond donors (Lipinski definition) is 0. The molecule has 0 spiro atoms. The van der Waals surface area contributed by atoms with E-state index in [1.165, 1.54) is 86.8 Å². The van der Waals surface area contributed by atoms with Crippen molar-refractivity contribution in [3.63, 3.8) is 0 Å². The van der Waals surface area contributed by atoms with Gasteiger partial charge in [-0.25, -0.2) is 0 Å². The van der Waals surface area contributed by atoms with Crippen molar-refractivity contribution in [1.82, 2.24) is 4.57 Å². The third-order valence-corrected chi connectivity index (χ3v) is 12.1.